The molecule has 4 aliphatic heterocycles. The van der Waals surface area contributed by atoms with E-state index in [1.807, 2.05) is 24.3 Å². The Kier molecular flexibility index (Phi) is 7.94. The van der Waals surface area contributed by atoms with Gasteiger partial charge in [-0.25, -0.2) is 5.09 Å². The van der Waals surface area contributed by atoms with Crippen molar-refractivity contribution in [2.24, 2.45) is 5.41 Å². The molecule has 4 saturated heterocycles. The fourth-order valence-corrected chi connectivity index (χ4v) is 9.22. The number of halogens is 1. The summed E-state index contributed by atoms with van der Waals surface area (Å²) in [4.78, 5) is 2.32. The van der Waals surface area contributed by atoms with Crippen molar-refractivity contribution in [3.63, 3.8) is 0 Å². The SMILES string of the molecule is CC1(C)COP(=S)(NCCC[Si]23OCCN(CCO2)CCO3)OC1c1ccc(Cl)cc1. The van der Waals surface area contributed by atoms with Gasteiger partial charge in [-0.05, 0) is 35.9 Å². The van der Waals surface area contributed by atoms with E-state index in [0.717, 1.165) is 37.7 Å². The summed E-state index contributed by atoms with van der Waals surface area (Å²) in [5, 5.41) is 4.09. The molecule has 31 heavy (non-hydrogen) atoms. The normalized spacial score (nSPS) is 35.8. The van der Waals surface area contributed by atoms with E-state index in [4.69, 9.17) is 45.7 Å². The first-order valence-corrected chi connectivity index (χ1v) is 15.8. The van der Waals surface area contributed by atoms with E-state index in [2.05, 4.69) is 23.8 Å². The van der Waals surface area contributed by atoms with Crippen LogP contribution in [0.1, 0.15) is 31.9 Å². The van der Waals surface area contributed by atoms with E-state index in [9.17, 15) is 0 Å². The first-order valence-electron chi connectivity index (χ1n) is 10.9. The topological polar surface area (TPSA) is 61.4 Å². The first-order chi connectivity index (χ1) is 14.8. The molecule has 0 radical (unpaired) electrons. The molecule has 0 saturated carbocycles. The Morgan fingerprint density at radius 3 is 2.35 bits per heavy atom. The van der Waals surface area contributed by atoms with Crippen molar-refractivity contribution in [1.29, 1.82) is 0 Å². The fraction of sp³-hybridized carbons (Fsp3) is 0.700. The number of nitrogens with zero attached hydrogens (tertiary/aromatic N) is 1. The van der Waals surface area contributed by atoms with Crippen molar-refractivity contribution in [2.75, 3.05) is 52.6 Å². The maximum Gasteiger partial charge on any atom is 0.501 e. The first kappa shape index (κ1) is 24.2. The van der Waals surface area contributed by atoms with Crippen molar-refractivity contribution in [3.8, 4) is 0 Å². The second-order valence-electron chi connectivity index (χ2n) is 8.88. The van der Waals surface area contributed by atoms with Gasteiger partial charge in [0.15, 0.2) is 0 Å². The summed E-state index contributed by atoms with van der Waals surface area (Å²) >= 11 is 11.9. The van der Waals surface area contributed by atoms with Crippen LogP contribution in [0.3, 0.4) is 0 Å². The van der Waals surface area contributed by atoms with Crippen LogP contribution in [-0.2, 0) is 34.1 Å². The third kappa shape index (κ3) is 6.16. The molecule has 1 N–H and O–H groups in total. The van der Waals surface area contributed by atoms with Crippen molar-refractivity contribution < 1.29 is 22.3 Å². The quantitative estimate of drug-likeness (QED) is 0.353. The van der Waals surface area contributed by atoms with Crippen LogP contribution in [0.15, 0.2) is 24.3 Å². The molecule has 4 heterocycles. The Hall–Kier alpha value is 0.0969. The number of hydrogen-bond donors (Lipinski definition) is 1. The molecule has 0 aromatic heterocycles. The molecule has 7 nitrogen and oxygen atoms in total. The van der Waals surface area contributed by atoms with Crippen LogP contribution in [0.2, 0.25) is 11.1 Å². The van der Waals surface area contributed by atoms with Crippen molar-refractivity contribution in [3.05, 3.63) is 34.9 Å². The van der Waals surface area contributed by atoms with Crippen molar-refractivity contribution in [2.45, 2.75) is 32.4 Å². The molecular weight excluding hydrogens is 475 g/mol. The Labute approximate surface area is 196 Å². The highest BCUT2D eigenvalue weighted by Gasteiger charge is 2.45. The van der Waals surface area contributed by atoms with Gasteiger partial charge in [-0.2, -0.15) is 0 Å². The molecule has 0 amide bonds. The van der Waals surface area contributed by atoms with Crippen LogP contribution in [0, 0.1) is 5.41 Å². The van der Waals surface area contributed by atoms with Gasteiger partial charge < -0.3 is 22.3 Å². The smallest absolute Gasteiger partial charge is 0.372 e. The van der Waals surface area contributed by atoms with E-state index < -0.39 is 15.4 Å². The minimum Gasteiger partial charge on any atom is -0.372 e. The van der Waals surface area contributed by atoms with Gasteiger partial charge in [-0.3, -0.25) is 4.90 Å². The molecule has 5 rings (SSSR count). The summed E-state index contributed by atoms with van der Waals surface area (Å²) in [6, 6.07) is 8.54. The summed E-state index contributed by atoms with van der Waals surface area (Å²) in [5.41, 5.74) is 0.874. The summed E-state index contributed by atoms with van der Waals surface area (Å²) in [6.45, 7) is 7.71. The molecule has 4 fully saturated rings. The zero-order valence-electron chi connectivity index (χ0n) is 18.2. The number of fused-ring (bicyclic) bond motifs is 6. The average molecular weight is 507 g/mol. The molecule has 2 unspecified atom stereocenters. The molecule has 2 atom stereocenters. The Bertz CT molecular complexity index is 776. The third-order valence-corrected chi connectivity index (χ3v) is 11.6. The number of nitrogens with one attached hydrogen (secondary N) is 1. The lowest BCUT2D eigenvalue weighted by molar-refractivity contribution is -0.0154. The molecule has 1 aromatic rings. The minimum absolute atomic E-state index is 0.154. The zero-order chi connectivity index (χ0) is 22.0. The average Bonchev–Trinajstić information content (AvgIpc) is 2.69. The predicted octanol–water partition coefficient (Wildman–Crippen LogP) is 3.98. The Morgan fingerprint density at radius 1 is 1.13 bits per heavy atom. The summed E-state index contributed by atoms with van der Waals surface area (Å²) < 4.78 is 30.7. The van der Waals surface area contributed by atoms with Crippen LogP contribution in [-0.4, -0.2) is 66.3 Å². The highest BCUT2D eigenvalue weighted by Crippen LogP contribution is 2.58. The van der Waals surface area contributed by atoms with Gasteiger partial charge in [-0.1, -0.05) is 37.6 Å². The predicted molar refractivity (Wildman–Crippen MR) is 127 cm³/mol. The lowest BCUT2D eigenvalue weighted by Gasteiger charge is -2.43. The van der Waals surface area contributed by atoms with Gasteiger partial charge >= 0.3 is 8.80 Å². The maximum absolute atomic E-state index is 6.38. The van der Waals surface area contributed by atoms with E-state index in [0.29, 0.717) is 38.0 Å². The fourth-order valence-electron chi connectivity index (χ4n) is 4.06. The third-order valence-electron chi connectivity index (χ3n) is 5.89. The minimum atomic E-state index is -2.62. The Morgan fingerprint density at radius 2 is 1.74 bits per heavy atom. The molecule has 11 heteroatoms. The molecule has 2 bridgehead atoms. The van der Waals surface area contributed by atoms with Gasteiger partial charge in [0.2, 0.25) is 0 Å². The van der Waals surface area contributed by atoms with Gasteiger partial charge in [0.05, 0.1) is 32.5 Å². The Balaban J connectivity index is 1.33. The van der Waals surface area contributed by atoms with Gasteiger partial charge in [0.1, 0.15) is 0 Å². The van der Waals surface area contributed by atoms with E-state index in [1.165, 1.54) is 0 Å². The molecule has 4 aliphatic rings. The van der Waals surface area contributed by atoms with Crippen LogP contribution < -0.4 is 5.09 Å². The molecule has 0 aliphatic carbocycles. The zero-order valence-corrected chi connectivity index (χ0v) is 21.6. The highest BCUT2D eigenvalue weighted by atomic mass is 35.5. The molecule has 1 aromatic carbocycles. The van der Waals surface area contributed by atoms with E-state index in [-0.39, 0.29) is 11.5 Å². The van der Waals surface area contributed by atoms with Crippen LogP contribution >= 0.6 is 18.2 Å². The molecular formula is C20H32ClN2O5PSSi. The van der Waals surface area contributed by atoms with Crippen LogP contribution in [0.4, 0.5) is 0 Å². The lowest BCUT2D eigenvalue weighted by Crippen LogP contribution is -2.55. The largest absolute Gasteiger partial charge is 0.501 e. The van der Waals surface area contributed by atoms with Crippen molar-refractivity contribution in [1.82, 2.24) is 9.99 Å². The number of hydrogen-bond acceptors (Lipinski definition) is 7. The number of rotatable bonds is 6. The van der Waals surface area contributed by atoms with Gasteiger partial charge in [-0.15, -0.1) is 0 Å². The highest BCUT2D eigenvalue weighted by molar-refractivity contribution is 8.09. The summed E-state index contributed by atoms with van der Waals surface area (Å²) in [5.74, 6) is 0. The lowest BCUT2D eigenvalue weighted by atomic mass is 9.83. The monoisotopic (exact) mass is 506 g/mol. The molecule has 0 spiro atoms. The second kappa shape index (κ2) is 10.2. The van der Waals surface area contributed by atoms with Crippen molar-refractivity contribution >= 4 is 38.9 Å². The van der Waals surface area contributed by atoms with Gasteiger partial charge in [0, 0.05) is 42.7 Å². The number of benzene rings is 1. The van der Waals surface area contributed by atoms with E-state index in [1.54, 1.807) is 0 Å². The standard InChI is InChI=1S/C20H32ClN2O5PSSi/c1-20(2)16-24-29(30,28-19(20)17-4-6-18(21)7-5-17)22-8-3-15-31-25-12-9-23(10-13-26-31)11-14-27-31/h4-7,19H,3,8-16H2,1-2H3,(H,22,30). The second-order valence-corrected chi connectivity index (χ2v) is 15.3. The molecule has 174 valence electrons. The van der Waals surface area contributed by atoms with Gasteiger partial charge in [0.25, 0.3) is 6.64 Å². The maximum atomic E-state index is 6.38. The summed E-state index contributed by atoms with van der Waals surface area (Å²) in [7, 11) is -2.62. The van der Waals surface area contributed by atoms with E-state index >= 15 is 0 Å². The summed E-state index contributed by atoms with van der Waals surface area (Å²) in [6.07, 6.45) is 0.676. The van der Waals surface area contributed by atoms with Crippen LogP contribution in [0.5, 0.6) is 0 Å². The van der Waals surface area contributed by atoms with Crippen LogP contribution in [0.25, 0.3) is 0 Å².